The first kappa shape index (κ1) is 22.3. The van der Waals surface area contributed by atoms with Crippen LogP contribution in [-0.2, 0) is 17.9 Å². The van der Waals surface area contributed by atoms with Crippen LogP contribution < -0.4 is 4.74 Å². The summed E-state index contributed by atoms with van der Waals surface area (Å²) in [4.78, 5) is 19.3. The van der Waals surface area contributed by atoms with Crippen molar-refractivity contribution in [3.05, 3.63) is 80.3 Å². The first-order valence-electron chi connectivity index (χ1n) is 9.64. The van der Waals surface area contributed by atoms with Gasteiger partial charge in [-0.3, -0.25) is 4.79 Å². The third kappa shape index (κ3) is 5.81. The summed E-state index contributed by atoms with van der Waals surface area (Å²) in [7, 11) is 1.62. The molecule has 5 nitrogen and oxygen atoms in total. The van der Waals surface area contributed by atoms with Crippen LogP contribution in [0.4, 0.5) is 0 Å². The Balaban J connectivity index is 1.66. The molecule has 2 aromatic carbocycles. The number of hydrogen-bond donors (Lipinski definition) is 0. The average Bonchev–Trinajstić information content (AvgIpc) is 3.19. The number of rotatable bonds is 9. The van der Waals surface area contributed by atoms with Crippen molar-refractivity contribution in [2.75, 3.05) is 20.3 Å². The van der Waals surface area contributed by atoms with E-state index < -0.39 is 0 Å². The average molecular weight is 445 g/mol. The highest BCUT2D eigenvalue weighted by molar-refractivity contribution is 7.09. The third-order valence-electron chi connectivity index (χ3n) is 4.80. The molecule has 1 amide bonds. The van der Waals surface area contributed by atoms with Crippen LogP contribution in [0.25, 0.3) is 0 Å². The number of carbonyl (C=O) groups excluding carboxylic acids is 1. The lowest BCUT2D eigenvalue weighted by Gasteiger charge is -2.21. The van der Waals surface area contributed by atoms with Crippen LogP contribution in [0.5, 0.6) is 5.75 Å². The fourth-order valence-electron chi connectivity index (χ4n) is 2.93. The molecule has 0 fully saturated rings. The molecule has 0 aliphatic rings. The first-order valence-corrected chi connectivity index (χ1v) is 10.9. The monoisotopic (exact) mass is 444 g/mol. The van der Waals surface area contributed by atoms with E-state index in [-0.39, 0.29) is 5.91 Å². The number of amides is 1. The molecule has 7 heteroatoms. The second-order valence-corrected chi connectivity index (χ2v) is 8.32. The van der Waals surface area contributed by atoms with Gasteiger partial charge >= 0.3 is 0 Å². The molecule has 3 aromatic rings. The van der Waals surface area contributed by atoms with Crippen LogP contribution >= 0.6 is 22.9 Å². The summed E-state index contributed by atoms with van der Waals surface area (Å²) in [5.74, 6) is 0.788. The van der Waals surface area contributed by atoms with Gasteiger partial charge in [0.05, 0.1) is 18.8 Å². The van der Waals surface area contributed by atoms with Crippen molar-refractivity contribution in [3.63, 3.8) is 0 Å². The van der Waals surface area contributed by atoms with E-state index in [0.29, 0.717) is 36.9 Å². The molecule has 3 rings (SSSR count). The summed E-state index contributed by atoms with van der Waals surface area (Å²) in [6.45, 7) is 5.85. The lowest BCUT2D eigenvalue weighted by molar-refractivity contribution is 0.0678. The Bertz CT molecular complexity index is 988. The zero-order valence-electron chi connectivity index (χ0n) is 17.4. The van der Waals surface area contributed by atoms with E-state index in [0.717, 1.165) is 22.0 Å². The van der Waals surface area contributed by atoms with Crippen molar-refractivity contribution < 1.29 is 14.3 Å². The Hall–Kier alpha value is -2.41. The van der Waals surface area contributed by atoms with Crippen LogP contribution in [0.2, 0.25) is 5.02 Å². The number of hydrogen-bond acceptors (Lipinski definition) is 5. The first-order chi connectivity index (χ1) is 14.5. The molecule has 30 heavy (non-hydrogen) atoms. The maximum absolute atomic E-state index is 12.9. The Morgan fingerprint density at radius 2 is 1.93 bits per heavy atom. The van der Waals surface area contributed by atoms with Gasteiger partial charge in [0.1, 0.15) is 17.4 Å². The van der Waals surface area contributed by atoms with Crippen molar-refractivity contribution in [1.29, 1.82) is 0 Å². The topological polar surface area (TPSA) is 51.7 Å². The maximum atomic E-state index is 12.9. The standard InChI is InChI=1S/C23H25ClN2O3S/c1-16-5-4-6-21(17(16)2)29-14-22-25-20(15-30-22)13-26(11-12-28-3)23(27)18-7-9-19(24)10-8-18/h4-10,15H,11-14H2,1-3H3. The van der Waals surface area contributed by atoms with Crippen LogP contribution in [-0.4, -0.2) is 36.1 Å². The van der Waals surface area contributed by atoms with Crippen LogP contribution in [0.1, 0.15) is 32.2 Å². The Morgan fingerprint density at radius 1 is 1.17 bits per heavy atom. The summed E-state index contributed by atoms with van der Waals surface area (Å²) in [6.07, 6.45) is 0. The fraction of sp³-hybridized carbons (Fsp3) is 0.304. The number of nitrogens with zero attached hydrogens (tertiary/aromatic N) is 2. The maximum Gasteiger partial charge on any atom is 0.254 e. The Labute approximate surface area is 186 Å². The normalized spacial score (nSPS) is 10.8. The number of aromatic nitrogens is 1. The van der Waals surface area contributed by atoms with Gasteiger partial charge in [0.25, 0.3) is 5.91 Å². The van der Waals surface area contributed by atoms with Gasteiger partial charge in [0.15, 0.2) is 0 Å². The number of methoxy groups -OCH3 is 1. The second-order valence-electron chi connectivity index (χ2n) is 6.95. The molecule has 0 saturated carbocycles. The van der Waals surface area contributed by atoms with Crippen molar-refractivity contribution in [2.45, 2.75) is 27.0 Å². The van der Waals surface area contributed by atoms with Crippen molar-refractivity contribution in [1.82, 2.24) is 9.88 Å². The van der Waals surface area contributed by atoms with Gasteiger partial charge in [-0.25, -0.2) is 4.98 Å². The molecule has 0 aliphatic heterocycles. The zero-order valence-corrected chi connectivity index (χ0v) is 18.9. The summed E-state index contributed by atoms with van der Waals surface area (Å²) < 4.78 is 11.1. The summed E-state index contributed by atoms with van der Waals surface area (Å²) in [6, 6.07) is 12.9. The predicted octanol–water partition coefficient (Wildman–Crippen LogP) is 5.28. The second kappa shape index (κ2) is 10.6. The van der Waals surface area contributed by atoms with Gasteiger partial charge in [-0.2, -0.15) is 0 Å². The molecule has 158 valence electrons. The SMILES string of the molecule is COCCN(Cc1csc(COc2cccc(C)c2C)n1)C(=O)c1ccc(Cl)cc1. The molecule has 0 saturated heterocycles. The van der Waals surface area contributed by atoms with E-state index in [1.807, 2.05) is 24.4 Å². The molecule has 0 N–H and O–H groups in total. The van der Waals surface area contributed by atoms with Crippen LogP contribution in [0.3, 0.4) is 0 Å². The minimum absolute atomic E-state index is 0.0788. The number of carbonyl (C=O) groups is 1. The molecule has 0 atom stereocenters. The van der Waals surface area contributed by atoms with Gasteiger partial charge in [-0.05, 0) is 55.3 Å². The summed E-state index contributed by atoms with van der Waals surface area (Å²) in [5.41, 5.74) is 3.75. The summed E-state index contributed by atoms with van der Waals surface area (Å²) in [5, 5.41) is 3.44. The van der Waals surface area contributed by atoms with E-state index in [1.54, 1.807) is 36.3 Å². The Kier molecular flexibility index (Phi) is 7.85. The molecule has 1 aromatic heterocycles. The zero-order chi connectivity index (χ0) is 21.5. The van der Waals surface area contributed by atoms with Gasteiger partial charge in [-0.1, -0.05) is 23.7 Å². The molecular formula is C23H25ClN2O3S. The van der Waals surface area contributed by atoms with Crippen molar-refractivity contribution in [3.8, 4) is 5.75 Å². The van der Waals surface area contributed by atoms with E-state index in [9.17, 15) is 4.79 Å². The third-order valence-corrected chi connectivity index (χ3v) is 5.93. The van der Waals surface area contributed by atoms with E-state index in [4.69, 9.17) is 21.1 Å². The number of aryl methyl sites for hydroxylation is 1. The van der Waals surface area contributed by atoms with Gasteiger partial charge in [-0.15, -0.1) is 11.3 Å². The Morgan fingerprint density at radius 3 is 2.67 bits per heavy atom. The largest absolute Gasteiger partial charge is 0.486 e. The van der Waals surface area contributed by atoms with Gasteiger partial charge in [0, 0.05) is 29.6 Å². The molecule has 1 heterocycles. The minimum atomic E-state index is -0.0788. The lowest BCUT2D eigenvalue weighted by atomic mass is 10.1. The van der Waals surface area contributed by atoms with E-state index in [2.05, 4.69) is 18.0 Å². The highest BCUT2D eigenvalue weighted by atomic mass is 35.5. The van der Waals surface area contributed by atoms with E-state index >= 15 is 0 Å². The molecule has 0 unspecified atom stereocenters. The highest BCUT2D eigenvalue weighted by Gasteiger charge is 2.17. The number of ether oxygens (including phenoxy) is 2. The minimum Gasteiger partial charge on any atom is -0.486 e. The number of benzene rings is 2. The predicted molar refractivity (Wildman–Crippen MR) is 120 cm³/mol. The highest BCUT2D eigenvalue weighted by Crippen LogP contribution is 2.23. The molecule has 0 spiro atoms. The summed E-state index contributed by atoms with van der Waals surface area (Å²) >= 11 is 7.47. The number of halogens is 1. The van der Waals surface area contributed by atoms with Crippen molar-refractivity contribution in [2.24, 2.45) is 0 Å². The fourth-order valence-corrected chi connectivity index (χ4v) is 3.75. The molecule has 0 aliphatic carbocycles. The quantitative estimate of drug-likeness (QED) is 0.450. The van der Waals surface area contributed by atoms with Crippen LogP contribution in [0, 0.1) is 13.8 Å². The van der Waals surface area contributed by atoms with Crippen LogP contribution in [0.15, 0.2) is 47.8 Å². The van der Waals surface area contributed by atoms with E-state index in [1.165, 1.54) is 16.9 Å². The molecule has 0 radical (unpaired) electrons. The van der Waals surface area contributed by atoms with Gasteiger partial charge < -0.3 is 14.4 Å². The van der Waals surface area contributed by atoms with Gasteiger partial charge in [0.2, 0.25) is 0 Å². The smallest absolute Gasteiger partial charge is 0.254 e. The lowest BCUT2D eigenvalue weighted by Crippen LogP contribution is -2.33. The number of thiazole rings is 1. The van der Waals surface area contributed by atoms with Crippen molar-refractivity contribution >= 4 is 28.8 Å². The molecule has 0 bridgehead atoms. The molecular weight excluding hydrogens is 420 g/mol.